The Morgan fingerprint density at radius 2 is 2.26 bits per heavy atom. The monoisotopic (exact) mass is 423 g/mol. The molecule has 1 aliphatic heterocycles. The third-order valence-electron chi connectivity index (χ3n) is 6.71. The van der Waals surface area contributed by atoms with Crippen molar-refractivity contribution in [3.05, 3.63) is 48.2 Å². The summed E-state index contributed by atoms with van der Waals surface area (Å²) in [5, 5.41) is 4.09. The predicted octanol–water partition coefficient (Wildman–Crippen LogP) is 2.59. The Labute approximate surface area is 183 Å². The van der Waals surface area contributed by atoms with Crippen LogP contribution in [0, 0.1) is 5.92 Å². The van der Waals surface area contributed by atoms with Gasteiger partial charge in [-0.2, -0.15) is 0 Å². The number of hydrogen-bond donors (Lipinski definition) is 3. The minimum absolute atomic E-state index is 0.0982. The van der Waals surface area contributed by atoms with E-state index in [9.17, 15) is 9.59 Å². The minimum atomic E-state index is -0.322. The number of urea groups is 1. The Kier molecular flexibility index (Phi) is 6.43. The zero-order valence-electron chi connectivity index (χ0n) is 18.3. The van der Waals surface area contributed by atoms with E-state index in [0.717, 1.165) is 24.9 Å². The summed E-state index contributed by atoms with van der Waals surface area (Å²) >= 11 is 0. The number of likely N-dealkylation sites (tertiary alicyclic amines) is 1. The lowest BCUT2D eigenvalue weighted by atomic mass is 9.72. The molecule has 1 aliphatic carbocycles. The molecule has 2 aromatic rings. The molecule has 166 valence electrons. The second-order valence-corrected chi connectivity index (χ2v) is 8.60. The Bertz CT molecular complexity index is 968. The lowest BCUT2D eigenvalue weighted by Gasteiger charge is -2.47. The number of aromatic nitrogens is 1. The molecule has 3 atom stereocenters. The number of hydrogen-bond acceptors (Lipinski definition) is 4. The fourth-order valence-corrected chi connectivity index (χ4v) is 5.38. The topological polar surface area (TPSA) is 94.5 Å². The molecule has 31 heavy (non-hydrogen) atoms. The van der Waals surface area contributed by atoms with Crippen molar-refractivity contribution in [3.63, 3.8) is 0 Å². The van der Waals surface area contributed by atoms with E-state index in [-0.39, 0.29) is 23.8 Å². The quantitative estimate of drug-likeness (QED) is 0.597. The van der Waals surface area contributed by atoms with Gasteiger partial charge >= 0.3 is 6.03 Å². The highest BCUT2D eigenvalue weighted by atomic mass is 16.2. The first-order chi connectivity index (χ1) is 15.1. The Morgan fingerprint density at radius 1 is 1.42 bits per heavy atom. The highest BCUT2D eigenvalue weighted by molar-refractivity contribution is 5.96. The molecule has 0 spiro atoms. The molecule has 0 saturated carbocycles. The van der Waals surface area contributed by atoms with Gasteiger partial charge in [-0.15, -0.1) is 6.58 Å². The molecule has 0 radical (unpaired) electrons. The largest absolute Gasteiger partial charge is 0.361 e. The van der Waals surface area contributed by atoms with Crippen LogP contribution in [0.3, 0.4) is 0 Å². The van der Waals surface area contributed by atoms with Crippen molar-refractivity contribution >= 4 is 22.8 Å². The first-order valence-electron chi connectivity index (χ1n) is 11.3. The van der Waals surface area contributed by atoms with Crippen molar-refractivity contribution in [1.82, 2.24) is 20.1 Å². The number of imide groups is 1. The van der Waals surface area contributed by atoms with Gasteiger partial charge in [-0.05, 0) is 49.9 Å². The summed E-state index contributed by atoms with van der Waals surface area (Å²) in [4.78, 5) is 33.3. The second-order valence-electron chi connectivity index (χ2n) is 8.60. The maximum absolute atomic E-state index is 13.5. The molecule has 2 heterocycles. The average molecular weight is 424 g/mol. The van der Waals surface area contributed by atoms with Crippen LogP contribution in [0.5, 0.6) is 0 Å². The van der Waals surface area contributed by atoms with E-state index in [2.05, 4.69) is 46.2 Å². The highest BCUT2D eigenvalue weighted by Gasteiger charge is 2.43. The average Bonchev–Trinajstić information content (AvgIpc) is 3.19. The minimum Gasteiger partial charge on any atom is -0.361 e. The number of benzene rings is 1. The third kappa shape index (κ3) is 4.00. The Balaban J connectivity index is 1.65. The van der Waals surface area contributed by atoms with Crippen molar-refractivity contribution in [2.75, 3.05) is 32.7 Å². The number of fused-ring (bicyclic) bond motifs is 2. The maximum atomic E-state index is 13.5. The van der Waals surface area contributed by atoms with Gasteiger partial charge in [0.25, 0.3) is 0 Å². The van der Waals surface area contributed by atoms with Crippen molar-refractivity contribution in [2.45, 2.75) is 38.1 Å². The van der Waals surface area contributed by atoms with Gasteiger partial charge in [-0.3, -0.25) is 14.6 Å². The van der Waals surface area contributed by atoms with E-state index >= 15 is 0 Å². The van der Waals surface area contributed by atoms with Gasteiger partial charge in [0.2, 0.25) is 5.91 Å². The Hall–Kier alpha value is -2.64. The molecule has 3 amide bonds. The van der Waals surface area contributed by atoms with Gasteiger partial charge in [0.05, 0.1) is 5.92 Å². The highest BCUT2D eigenvalue weighted by Crippen LogP contribution is 2.45. The number of rotatable bonds is 7. The van der Waals surface area contributed by atoms with Crippen molar-refractivity contribution in [1.29, 1.82) is 0 Å². The number of H-pyrrole nitrogens is 1. The summed E-state index contributed by atoms with van der Waals surface area (Å²) < 4.78 is 0. The zero-order chi connectivity index (χ0) is 22.0. The maximum Gasteiger partial charge on any atom is 0.324 e. The molecule has 0 bridgehead atoms. The van der Waals surface area contributed by atoms with E-state index in [0.29, 0.717) is 38.6 Å². The number of nitrogens with two attached hydrogens (primary N) is 1. The third-order valence-corrected chi connectivity index (χ3v) is 6.71. The molecule has 1 fully saturated rings. The molecule has 1 aromatic heterocycles. The number of carbonyl (C=O) groups excluding carboxylic acids is 2. The van der Waals surface area contributed by atoms with Crippen molar-refractivity contribution in [3.8, 4) is 0 Å². The fraction of sp³-hybridized carbons (Fsp3) is 0.500. The number of nitrogens with one attached hydrogen (secondary N) is 2. The summed E-state index contributed by atoms with van der Waals surface area (Å²) in [7, 11) is 0. The Morgan fingerprint density at radius 3 is 3.00 bits per heavy atom. The van der Waals surface area contributed by atoms with Crippen LogP contribution in [-0.2, 0) is 11.2 Å². The van der Waals surface area contributed by atoms with Gasteiger partial charge in [0.1, 0.15) is 0 Å². The first-order valence-corrected chi connectivity index (χ1v) is 11.3. The predicted molar refractivity (Wildman–Crippen MR) is 123 cm³/mol. The van der Waals surface area contributed by atoms with Gasteiger partial charge in [-0.25, -0.2) is 4.79 Å². The number of piperidine rings is 1. The number of amides is 3. The molecular weight excluding hydrogens is 390 g/mol. The summed E-state index contributed by atoms with van der Waals surface area (Å²) in [6, 6.07) is 6.41. The summed E-state index contributed by atoms with van der Waals surface area (Å²) in [5.41, 5.74) is 9.47. The number of aromatic amines is 1. The first kappa shape index (κ1) is 21.6. The van der Waals surface area contributed by atoms with Gasteiger partial charge in [0, 0.05) is 55.2 Å². The molecule has 7 nitrogen and oxygen atoms in total. The molecule has 4 rings (SSSR count). The number of nitrogens with zero attached hydrogens (tertiary/aromatic N) is 2. The van der Waals surface area contributed by atoms with E-state index in [1.165, 1.54) is 21.4 Å². The van der Waals surface area contributed by atoms with E-state index in [1.807, 2.05) is 13.0 Å². The van der Waals surface area contributed by atoms with E-state index in [1.54, 1.807) is 0 Å². The molecule has 7 heteroatoms. The zero-order valence-corrected chi connectivity index (χ0v) is 18.3. The van der Waals surface area contributed by atoms with Crippen molar-refractivity contribution in [2.24, 2.45) is 11.7 Å². The molecule has 0 unspecified atom stereocenters. The van der Waals surface area contributed by atoms with Gasteiger partial charge < -0.3 is 16.0 Å². The van der Waals surface area contributed by atoms with Crippen LogP contribution < -0.4 is 11.1 Å². The lowest BCUT2D eigenvalue weighted by Crippen LogP contribution is -2.55. The van der Waals surface area contributed by atoms with Crippen LogP contribution >= 0.6 is 0 Å². The smallest absolute Gasteiger partial charge is 0.324 e. The normalized spacial score (nSPS) is 22.7. The van der Waals surface area contributed by atoms with E-state index in [4.69, 9.17) is 5.73 Å². The fourth-order valence-electron chi connectivity index (χ4n) is 5.38. The van der Waals surface area contributed by atoms with Crippen LogP contribution in [0.25, 0.3) is 10.9 Å². The van der Waals surface area contributed by atoms with E-state index < -0.39 is 0 Å². The number of carbonyl (C=O) groups is 2. The van der Waals surface area contributed by atoms with Crippen LogP contribution in [-0.4, -0.2) is 65.5 Å². The summed E-state index contributed by atoms with van der Waals surface area (Å²) in [6.45, 7) is 8.45. The van der Waals surface area contributed by atoms with Crippen molar-refractivity contribution < 1.29 is 9.59 Å². The van der Waals surface area contributed by atoms with Gasteiger partial charge in [0.15, 0.2) is 0 Å². The van der Waals surface area contributed by atoms with Crippen LogP contribution in [0.4, 0.5) is 4.79 Å². The second kappa shape index (κ2) is 9.24. The SMILES string of the molecule is C=CCN1C[C@H](C(=O)N(CCCN)C(=O)NCC)C[C@@H]2c3cccc4[nH]cc(c34)C[C@H]21. The summed E-state index contributed by atoms with van der Waals surface area (Å²) in [5.74, 6) is -0.0865. The molecule has 1 saturated heterocycles. The van der Waals surface area contributed by atoms with Gasteiger partial charge in [-0.1, -0.05) is 18.2 Å². The van der Waals surface area contributed by atoms with Crippen LogP contribution in [0.15, 0.2) is 37.1 Å². The molecular formula is C24H33N5O2. The molecule has 1 aromatic carbocycles. The lowest BCUT2D eigenvalue weighted by molar-refractivity contribution is -0.135. The standard InChI is InChI=1S/C24H33N5O2/c1-3-10-28-15-17(23(30)29(11-6-9-25)24(31)26-4-2)12-19-18-7-5-8-20-22(18)16(14-27-20)13-21(19)28/h3,5,7-8,14,17,19,21,27H,1,4,6,9-13,15,25H2,2H3,(H,26,31)/t17-,19-,21-/m1/s1. The molecule has 4 N–H and O–H groups in total. The summed E-state index contributed by atoms with van der Waals surface area (Å²) in [6.07, 6.45) is 6.34. The van der Waals surface area contributed by atoms with Crippen LogP contribution in [0.2, 0.25) is 0 Å². The molecule has 2 aliphatic rings. The van der Waals surface area contributed by atoms with Crippen LogP contribution in [0.1, 0.15) is 36.8 Å².